The Hall–Kier alpha value is -0.330. The summed E-state index contributed by atoms with van der Waals surface area (Å²) in [5.41, 5.74) is 3.55. The van der Waals surface area contributed by atoms with Crippen LogP contribution in [-0.4, -0.2) is 15.3 Å². The molecule has 1 aromatic heterocycles. The molecule has 1 aromatic rings. The van der Waals surface area contributed by atoms with Gasteiger partial charge in [0.1, 0.15) is 10.7 Å². The monoisotopic (exact) mass is 218 g/mol. The first-order valence-electron chi connectivity index (χ1n) is 4.09. The molecule has 1 heterocycles. The van der Waals surface area contributed by atoms with Crippen LogP contribution >= 0.6 is 23.3 Å². The summed E-state index contributed by atoms with van der Waals surface area (Å²) in [6.07, 6.45) is 0. The van der Waals surface area contributed by atoms with Crippen LogP contribution in [0.2, 0.25) is 0 Å². The SMILES string of the molecule is CC(C)CSCc1nnsc1NN. The minimum atomic E-state index is 0.714. The fourth-order valence-corrected chi connectivity index (χ4v) is 2.37. The lowest BCUT2D eigenvalue weighted by Gasteiger charge is -2.03. The zero-order valence-electron chi connectivity index (χ0n) is 7.78. The van der Waals surface area contributed by atoms with E-state index in [0.717, 1.165) is 22.2 Å². The van der Waals surface area contributed by atoms with E-state index in [1.54, 1.807) is 0 Å². The Morgan fingerprint density at radius 2 is 2.38 bits per heavy atom. The summed E-state index contributed by atoms with van der Waals surface area (Å²) in [5, 5.41) is 4.86. The lowest BCUT2D eigenvalue weighted by molar-refractivity contribution is 0.750. The lowest BCUT2D eigenvalue weighted by Crippen LogP contribution is -2.07. The molecule has 0 amide bonds. The van der Waals surface area contributed by atoms with Crippen LogP contribution in [0, 0.1) is 5.92 Å². The Morgan fingerprint density at radius 1 is 1.62 bits per heavy atom. The molecule has 0 saturated heterocycles. The van der Waals surface area contributed by atoms with E-state index in [2.05, 4.69) is 28.9 Å². The van der Waals surface area contributed by atoms with Gasteiger partial charge in [-0.3, -0.25) is 0 Å². The van der Waals surface area contributed by atoms with Gasteiger partial charge in [-0.2, -0.15) is 11.8 Å². The van der Waals surface area contributed by atoms with Crippen LogP contribution < -0.4 is 11.3 Å². The highest BCUT2D eigenvalue weighted by Crippen LogP contribution is 2.22. The molecule has 0 bridgehead atoms. The van der Waals surface area contributed by atoms with Gasteiger partial charge in [-0.25, -0.2) is 5.84 Å². The number of hydrazine groups is 1. The molecule has 6 heteroatoms. The van der Waals surface area contributed by atoms with Crippen molar-refractivity contribution in [1.82, 2.24) is 9.59 Å². The number of rotatable bonds is 5. The molecule has 3 N–H and O–H groups in total. The Bertz CT molecular complexity index is 248. The minimum absolute atomic E-state index is 0.714. The van der Waals surface area contributed by atoms with Crippen molar-refractivity contribution in [3.05, 3.63) is 5.69 Å². The summed E-state index contributed by atoms with van der Waals surface area (Å²) in [6, 6.07) is 0. The first-order valence-corrected chi connectivity index (χ1v) is 6.02. The topological polar surface area (TPSA) is 63.8 Å². The summed E-state index contributed by atoms with van der Waals surface area (Å²) in [7, 11) is 0. The van der Waals surface area contributed by atoms with Crippen LogP contribution in [0.3, 0.4) is 0 Å². The maximum atomic E-state index is 5.30. The largest absolute Gasteiger partial charge is 0.313 e. The highest BCUT2D eigenvalue weighted by atomic mass is 32.2. The number of thioether (sulfide) groups is 1. The Kier molecular flexibility index (Phi) is 4.47. The van der Waals surface area contributed by atoms with E-state index in [1.807, 2.05) is 11.8 Å². The number of nitrogen functional groups attached to an aromatic ring is 1. The summed E-state index contributed by atoms with van der Waals surface area (Å²) in [6.45, 7) is 4.41. The van der Waals surface area contributed by atoms with E-state index in [1.165, 1.54) is 11.5 Å². The molecule has 0 unspecified atom stereocenters. The van der Waals surface area contributed by atoms with E-state index in [9.17, 15) is 0 Å². The fourth-order valence-electron chi connectivity index (χ4n) is 0.804. The average molecular weight is 218 g/mol. The van der Waals surface area contributed by atoms with Crippen molar-refractivity contribution in [3.63, 3.8) is 0 Å². The van der Waals surface area contributed by atoms with E-state index in [-0.39, 0.29) is 0 Å². The van der Waals surface area contributed by atoms with Crippen LogP contribution in [0.25, 0.3) is 0 Å². The molecule has 0 aliphatic carbocycles. The zero-order chi connectivity index (χ0) is 9.68. The smallest absolute Gasteiger partial charge is 0.148 e. The number of nitrogens with zero attached hydrogens (tertiary/aromatic N) is 2. The van der Waals surface area contributed by atoms with Crippen LogP contribution in [-0.2, 0) is 5.75 Å². The number of aromatic nitrogens is 2. The van der Waals surface area contributed by atoms with E-state index in [0.29, 0.717) is 5.92 Å². The molecule has 0 fully saturated rings. The predicted molar refractivity (Wildman–Crippen MR) is 58.7 cm³/mol. The number of nitrogens with two attached hydrogens (primary N) is 1. The van der Waals surface area contributed by atoms with E-state index < -0.39 is 0 Å². The van der Waals surface area contributed by atoms with Gasteiger partial charge in [0.25, 0.3) is 0 Å². The van der Waals surface area contributed by atoms with Crippen LogP contribution in [0.1, 0.15) is 19.5 Å². The lowest BCUT2D eigenvalue weighted by atomic mass is 10.3. The van der Waals surface area contributed by atoms with Gasteiger partial charge in [-0.05, 0) is 11.7 Å². The van der Waals surface area contributed by atoms with Gasteiger partial charge < -0.3 is 5.43 Å². The Balaban J connectivity index is 2.36. The molecule has 0 aromatic carbocycles. The number of hydrogen-bond donors (Lipinski definition) is 2. The third kappa shape index (κ3) is 3.50. The van der Waals surface area contributed by atoms with Crippen molar-refractivity contribution in [2.75, 3.05) is 11.2 Å². The van der Waals surface area contributed by atoms with Gasteiger partial charge >= 0.3 is 0 Å². The number of anilines is 1. The van der Waals surface area contributed by atoms with Gasteiger partial charge in [0.15, 0.2) is 0 Å². The zero-order valence-corrected chi connectivity index (χ0v) is 9.41. The van der Waals surface area contributed by atoms with Gasteiger partial charge in [0.05, 0.1) is 0 Å². The molecule has 0 atom stereocenters. The molecule has 74 valence electrons. The third-order valence-corrected chi connectivity index (χ3v) is 3.46. The van der Waals surface area contributed by atoms with Crippen LogP contribution in [0.4, 0.5) is 5.00 Å². The van der Waals surface area contributed by atoms with Gasteiger partial charge in [0.2, 0.25) is 0 Å². The van der Waals surface area contributed by atoms with Crippen molar-refractivity contribution in [2.45, 2.75) is 19.6 Å². The van der Waals surface area contributed by atoms with Gasteiger partial charge in [-0.1, -0.05) is 18.3 Å². The van der Waals surface area contributed by atoms with Crippen LogP contribution in [0.15, 0.2) is 0 Å². The molecular formula is C7H14N4S2. The quantitative estimate of drug-likeness (QED) is 0.582. The molecule has 0 radical (unpaired) electrons. The van der Waals surface area contributed by atoms with Gasteiger partial charge in [0, 0.05) is 17.3 Å². The first kappa shape index (κ1) is 10.7. The molecule has 13 heavy (non-hydrogen) atoms. The number of nitrogens with one attached hydrogen (secondary N) is 1. The Labute approximate surface area is 86.4 Å². The normalized spacial score (nSPS) is 10.8. The second-order valence-electron chi connectivity index (χ2n) is 3.10. The molecule has 0 spiro atoms. The second kappa shape index (κ2) is 5.41. The minimum Gasteiger partial charge on any atom is -0.313 e. The Morgan fingerprint density at radius 3 is 3.00 bits per heavy atom. The fraction of sp³-hybridized carbons (Fsp3) is 0.714. The summed E-state index contributed by atoms with van der Waals surface area (Å²) < 4.78 is 3.83. The van der Waals surface area contributed by atoms with Crippen molar-refractivity contribution >= 4 is 28.3 Å². The highest BCUT2D eigenvalue weighted by molar-refractivity contribution is 7.98. The first-order chi connectivity index (χ1) is 6.24. The summed E-state index contributed by atoms with van der Waals surface area (Å²) in [5.74, 6) is 8.04. The molecule has 4 nitrogen and oxygen atoms in total. The molecule has 0 aliphatic heterocycles. The van der Waals surface area contributed by atoms with Crippen molar-refractivity contribution in [1.29, 1.82) is 0 Å². The highest BCUT2D eigenvalue weighted by Gasteiger charge is 2.06. The summed E-state index contributed by atoms with van der Waals surface area (Å²) in [4.78, 5) is 0. The van der Waals surface area contributed by atoms with E-state index in [4.69, 9.17) is 5.84 Å². The number of hydrogen-bond acceptors (Lipinski definition) is 6. The van der Waals surface area contributed by atoms with E-state index >= 15 is 0 Å². The van der Waals surface area contributed by atoms with Crippen molar-refractivity contribution in [2.24, 2.45) is 11.8 Å². The standard InChI is InChI=1S/C7H14N4S2/c1-5(2)3-12-4-6-7(9-8)13-11-10-6/h5,9H,3-4,8H2,1-2H3. The third-order valence-electron chi connectivity index (χ3n) is 1.38. The molecule has 1 rings (SSSR count). The average Bonchev–Trinajstić information content (AvgIpc) is 2.51. The maximum Gasteiger partial charge on any atom is 0.148 e. The maximum absolute atomic E-state index is 5.30. The second-order valence-corrected chi connectivity index (χ2v) is 4.89. The molecule has 0 saturated carbocycles. The molecular weight excluding hydrogens is 204 g/mol. The molecule has 0 aliphatic rings. The predicted octanol–water partition coefficient (Wildman–Crippen LogP) is 1.71. The van der Waals surface area contributed by atoms with Crippen molar-refractivity contribution in [3.8, 4) is 0 Å². The van der Waals surface area contributed by atoms with Crippen molar-refractivity contribution < 1.29 is 0 Å². The van der Waals surface area contributed by atoms with Crippen LogP contribution in [0.5, 0.6) is 0 Å². The summed E-state index contributed by atoms with van der Waals surface area (Å²) >= 11 is 3.16. The van der Waals surface area contributed by atoms with Gasteiger partial charge in [-0.15, -0.1) is 5.10 Å².